The number of carbonyl (C=O) groups is 1. The summed E-state index contributed by atoms with van der Waals surface area (Å²) >= 11 is 0. The lowest BCUT2D eigenvalue weighted by molar-refractivity contribution is -0.139. The lowest BCUT2D eigenvalue weighted by atomic mass is 9.85. The molecule has 0 bridgehead atoms. The summed E-state index contributed by atoms with van der Waals surface area (Å²) in [7, 11) is 1.63. The maximum atomic E-state index is 11.0. The van der Waals surface area contributed by atoms with Crippen molar-refractivity contribution < 1.29 is 15.0 Å². The lowest BCUT2D eigenvalue weighted by Crippen LogP contribution is -2.35. The zero-order valence-corrected chi connectivity index (χ0v) is 11.3. The van der Waals surface area contributed by atoms with Gasteiger partial charge in [-0.2, -0.15) is 0 Å². The molecule has 0 spiro atoms. The van der Waals surface area contributed by atoms with Crippen molar-refractivity contribution in [2.24, 2.45) is 0 Å². The highest BCUT2D eigenvalue weighted by Gasteiger charge is 2.20. The van der Waals surface area contributed by atoms with Gasteiger partial charge in [-0.25, -0.2) is 0 Å². The zero-order valence-electron chi connectivity index (χ0n) is 11.3. The first-order valence-corrected chi connectivity index (χ1v) is 5.98. The predicted molar refractivity (Wildman–Crippen MR) is 71.0 cm³/mol. The number of phenolic OH excluding ortho intramolecular Hbond substituents is 1. The molecule has 0 amide bonds. The van der Waals surface area contributed by atoms with Crippen molar-refractivity contribution in [3.63, 3.8) is 0 Å². The van der Waals surface area contributed by atoms with Crippen LogP contribution in [0.5, 0.6) is 5.75 Å². The van der Waals surface area contributed by atoms with Gasteiger partial charge in [-0.15, -0.1) is 0 Å². The van der Waals surface area contributed by atoms with E-state index in [9.17, 15) is 9.90 Å². The highest BCUT2D eigenvalue weighted by atomic mass is 16.4. The second-order valence-corrected chi connectivity index (χ2v) is 5.49. The molecule has 0 unspecified atom stereocenters. The van der Waals surface area contributed by atoms with E-state index in [1.807, 2.05) is 26.8 Å². The molecule has 3 N–H and O–H groups in total. The third kappa shape index (κ3) is 3.47. The number of likely N-dealkylation sites (N-methyl/N-ethyl adjacent to an activating group) is 1. The molecule has 1 atom stereocenters. The minimum absolute atomic E-state index is 0.168. The molecule has 0 aliphatic carbocycles. The Morgan fingerprint density at radius 2 is 2.00 bits per heavy atom. The Morgan fingerprint density at radius 3 is 2.44 bits per heavy atom. The minimum Gasteiger partial charge on any atom is -0.508 e. The number of carboxylic acids is 1. The van der Waals surface area contributed by atoms with Crippen LogP contribution in [0.4, 0.5) is 0 Å². The Morgan fingerprint density at radius 1 is 1.39 bits per heavy atom. The van der Waals surface area contributed by atoms with Gasteiger partial charge >= 0.3 is 5.97 Å². The molecule has 0 radical (unpaired) electrons. The van der Waals surface area contributed by atoms with Crippen LogP contribution in [0.3, 0.4) is 0 Å². The molecule has 100 valence electrons. The van der Waals surface area contributed by atoms with Crippen LogP contribution in [-0.2, 0) is 16.6 Å². The van der Waals surface area contributed by atoms with Crippen LogP contribution in [0.25, 0.3) is 0 Å². The van der Waals surface area contributed by atoms with Crippen molar-refractivity contribution in [1.29, 1.82) is 0 Å². The van der Waals surface area contributed by atoms with E-state index in [4.69, 9.17) is 5.11 Å². The predicted octanol–water partition coefficient (Wildman–Crippen LogP) is 1.90. The Hall–Kier alpha value is -1.55. The van der Waals surface area contributed by atoms with Crippen molar-refractivity contribution in [3.8, 4) is 5.75 Å². The smallest absolute Gasteiger partial charge is 0.321 e. The Balaban J connectivity index is 3.02. The summed E-state index contributed by atoms with van der Waals surface area (Å²) in [5.41, 5.74) is 1.57. The highest BCUT2D eigenvalue weighted by Crippen LogP contribution is 2.31. The van der Waals surface area contributed by atoms with E-state index in [0.717, 1.165) is 11.1 Å². The molecule has 0 saturated heterocycles. The number of hydrogen-bond acceptors (Lipinski definition) is 3. The maximum Gasteiger partial charge on any atom is 0.321 e. The lowest BCUT2D eigenvalue weighted by Gasteiger charge is -2.22. The minimum atomic E-state index is -0.872. The molecule has 0 aromatic heterocycles. The van der Waals surface area contributed by atoms with Crippen LogP contribution in [-0.4, -0.2) is 29.3 Å². The summed E-state index contributed by atoms with van der Waals surface area (Å²) in [6.07, 6.45) is 0.398. The van der Waals surface area contributed by atoms with Gasteiger partial charge in [-0.1, -0.05) is 32.9 Å². The van der Waals surface area contributed by atoms with E-state index >= 15 is 0 Å². The van der Waals surface area contributed by atoms with Crippen molar-refractivity contribution in [1.82, 2.24) is 5.32 Å². The molecule has 18 heavy (non-hydrogen) atoms. The number of nitrogens with one attached hydrogen (secondary N) is 1. The average molecular weight is 251 g/mol. The summed E-state index contributed by atoms with van der Waals surface area (Å²) in [5, 5.41) is 21.6. The van der Waals surface area contributed by atoms with Crippen LogP contribution in [0, 0.1) is 0 Å². The van der Waals surface area contributed by atoms with E-state index in [1.54, 1.807) is 19.2 Å². The number of phenols is 1. The van der Waals surface area contributed by atoms with Gasteiger partial charge in [0.2, 0.25) is 0 Å². The second kappa shape index (κ2) is 5.40. The van der Waals surface area contributed by atoms with E-state index < -0.39 is 12.0 Å². The molecular formula is C14H21NO3. The number of hydrogen-bond donors (Lipinski definition) is 3. The Labute approximate surface area is 108 Å². The topological polar surface area (TPSA) is 69.6 Å². The van der Waals surface area contributed by atoms with Crippen LogP contribution in [0.2, 0.25) is 0 Å². The highest BCUT2D eigenvalue weighted by molar-refractivity contribution is 5.73. The normalized spacial score (nSPS) is 13.3. The largest absolute Gasteiger partial charge is 0.508 e. The van der Waals surface area contributed by atoms with Gasteiger partial charge in [0.15, 0.2) is 0 Å². The summed E-state index contributed by atoms with van der Waals surface area (Å²) in [6.45, 7) is 6.04. The third-order valence-electron chi connectivity index (χ3n) is 2.96. The second-order valence-electron chi connectivity index (χ2n) is 5.49. The average Bonchev–Trinajstić information content (AvgIpc) is 2.25. The number of aromatic hydroxyl groups is 1. The van der Waals surface area contributed by atoms with Crippen LogP contribution in [0.15, 0.2) is 18.2 Å². The molecule has 0 heterocycles. The first-order chi connectivity index (χ1) is 8.25. The zero-order chi connectivity index (χ0) is 13.9. The van der Waals surface area contributed by atoms with Gasteiger partial charge in [0.1, 0.15) is 11.8 Å². The SMILES string of the molecule is CN[C@@H](Cc1ccc(O)c(C(C)(C)C)c1)C(=O)O. The van der Waals surface area contributed by atoms with Crippen LogP contribution >= 0.6 is 0 Å². The number of carboxylic acid groups (broad SMARTS) is 1. The van der Waals surface area contributed by atoms with E-state index in [1.165, 1.54) is 0 Å². The molecular weight excluding hydrogens is 230 g/mol. The fourth-order valence-electron chi connectivity index (χ4n) is 1.86. The molecule has 4 heteroatoms. The van der Waals surface area contributed by atoms with Gasteiger partial charge in [-0.05, 0) is 36.1 Å². The fourth-order valence-corrected chi connectivity index (χ4v) is 1.86. The third-order valence-corrected chi connectivity index (χ3v) is 2.96. The summed E-state index contributed by atoms with van der Waals surface area (Å²) in [4.78, 5) is 11.0. The van der Waals surface area contributed by atoms with Gasteiger partial charge in [-0.3, -0.25) is 4.79 Å². The first-order valence-electron chi connectivity index (χ1n) is 5.98. The van der Waals surface area contributed by atoms with Gasteiger partial charge in [0.25, 0.3) is 0 Å². The molecule has 0 saturated carbocycles. The number of rotatable bonds is 4. The monoisotopic (exact) mass is 251 g/mol. The Bertz CT molecular complexity index is 435. The van der Waals surface area contributed by atoms with Gasteiger partial charge < -0.3 is 15.5 Å². The maximum absolute atomic E-state index is 11.0. The van der Waals surface area contributed by atoms with Gasteiger partial charge in [0, 0.05) is 0 Å². The number of benzene rings is 1. The summed E-state index contributed by atoms with van der Waals surface area (Å²) in [6, 6.07) is 4.66. The van der Waals surface area contributed by atoms with Crippen molar-refractivity contribution in [2.45, 2.75) is 38.6 Å². The van der Waals surface area contributed by atoms with Gasteiger partial charge in [0.05, 0.1) is 0 Å². The molecule has 0 aliphatic rings. The molecule has 1 rings (SSSR count). The Kier molecular flexibility index (Phi) is 4.35. The molecule has 0 aliphatic heterocycles. The van der Waals surface area contributed by atoms with E-state index in [2.05, 4.69) is 5.32 Å². The fraction of sp³-hybridized carbons (Fsp3) is 0.500. The van der Waals surface area contributed by atoms with E-state index in [0.29, 0.717) is 6.42 Å². The molecule has 0 fully saturated rings. The summed E-state index contributed by atoms with van der Waals surface area (Å²) < 4.78 is 0. The summed E-state index contributed by atoms with van der Waals surface area (Å²) in [5.74, 6) is -0.620. The molecule has 1 aromatic carbocycles. The van der Waals surface area contributed by atoms with Crippen molar-refractivity contribution in [2.75, 3.05) is 7.05 Å². The first kappa shape index (κ1) is 14.5. The molecule has 1 aromatic rings. The standard InChI is InChI=1S/C14H21NO3/c1-14(2,3)10-7-9(5-6-12(10)16)8-11(15-4)13(17)18/h5-7,11,15-16H,8H2,1-4H3,(H,17,18)/t11-/m0/s1. The van der Waals surface area contributed by atoms with Crippen molar-refractivity contribution >= 4 is 5.97 Å². The number of aliphatic carboxylic acids is 1. The van der Waals surface area contributed by atoms with Crippen LogP contribution < -0.4 is 5.32 Å². The van der Waals surface area contributed by atoms with Crippen molar-refractivity contribution in [3.05, 3.63) is 29.3 Å². The van der Waals surface area contributed by atoms with E-state index in [-0.39, 0.29) is 11.2 Å². The van der Waals surface area contributed by atoms with Crippen LogP contribution in [0.1, 0.15) is 31.9 Å². The quantitative estimate of drug-likeness (QED) is 0.764. The molecule has 4 nitrogen and oxygen atoms in total.